The van der Waals surface area contributed by atoms with Crippen LogP contribution in [0.2, 0.25) is 0 Å². The molecule has 7 heteroatoms. The normalized spacial score (nSPS) is 21.5. The predicted octanol–water partition coefficient (Wildman–Crippen LogP) is -1.23. The number of carbonyl (C=O) groups excluding carboxylic acids is 1. The summed E-state index contributed by atoms with van der Waals surface area (Å²) < 4.78 is 5.25. The molecule has 1 aromatic heterocycles. The van der Waals surface area contributed by atoms with Gasteiger partial charge in [-0.15, -0.1) is 10.2 Å². The van der Waals surface area contributed by atoms with E-state index in [0.717, 1.165) is 6.54 Å². The summed E-state index contributed by atoms with van der Waals surface area (Å²) in [5.74, 6) is 0.0657. The van der Waals surface area contributed by atoms with Gasteiger partial charge in [0.2, 0.25) is 11.6 Å². The average molecular weight is 211 g/mol. The van der Waals surface area contributed by atoms with Gasteiger partial charge in [0.05, 0.1) is 20.3 Å². The van der Waals surface area contributed by atoms with Crippen LogP contribution >= 0.6 is 0 Å². The van der Waals surface area contributed by atoms with Gasteiger partial charge in [0.25, 0.3) is 0 Å². The van der Waals surface area contributed by atoms with E-state index in [9.17, 15) is 4.79 Å². The topological polar surface area (TPSA) is 81.9 Å². The van der Waals surface area contributed by atoms with Gasteiger partial charge >= 0.3 is 0 Å². The lowest BCUT2D eigenvalue weighted by molar-refractivity contribution is 0.0672. The fraction of sp³-hybridized carbons (Fsp3) is 0.750. The minimum atomic E-state index is -0.105. The average Bonchev–Trinajstić information content (AvgIpc) is 2.66. The summed E-state index contributed by atoms with van der Waals surface area (Å²) >= 11 is 0. The molecule has 2 heterocycles. The summed E-state index contributed by atoms with van der Waals surface area (Å²) in [5.41, 5.74) is 0. The van der Waals surface area contributed by atoms with Crippen LogP contribution in [0, 0.1) is 0 Å². The number of morpholine rings is 1. The molecule has 0 aromatic carbocycles. The molecule has 15 heavy (non-hydrogen) atoms. The molecule has 1 aromatic rings. The van der Waals surface area contributed by atoms with Crippen LogP contribution in [0.25, 0.3) is 0 Å². The number of tetrazole rings is 1. The van der Waals surface area contributed by atoms with Crippen LogP contribution < -0.4 is 5.32 Å². The summed E-state index contributed by atoms with van der Waals surface area (Å²) in [5, 5.41) is 14.3. The Morgan fingerprint density at radius 2 is 2.60 bits per heavy atom. The molecule has 1 saturated heterocycles. The first-order valence-electron chi connectivity index (χ1n) is 4.84. The molecule has 1 N–H and O–H groups in total. The molecule has 0 amide bonds. The Labute approximate surface area is 86.8 Å². The summed E-state index contributed by atoms with van der Waals surface area (Å²) in [4.78, 5) is 12.9. The quantitative estimate of drug-likeness (QED) is 0.630. The minimum Gasteiger partial charge on any atom is -0.378 e. The van der Waals surface area contributed by atoms with Crippen LogP contribution in [0.5, 0.6) is 0 Å². The standard InChI is InChI=1S/C8H13N5O2/c1-13-11-8(10-12-13)7(14)4-6-5-15-3-2-9-6/h6,9H,2-5H2,1H3. The fourth-order valence-corrected chi connectivity index (χ4v) is 1.46. The third-order valence-corrected chi connectivity index (χ3v) is 2.19. The highest BCUT2D eigenvalue weighted by atomic mass is 16.5. The van der Waals surface area contributed by atoms with E-state index < -0.39 is 0 Å². The van der Waals surface area contributed by atoms with Gasteiger partial charge in [-0.05, 0) is 5.21 Å². The molecule has 1 fully saturated rings. The van der Waals surface area contributed by atoms with E-state index in [1.54, 1.807) is 7.05 Å². The Morgan fingerprint density at radius 3 is 3.20 bits per heavy atom. The van der Waals surface area contributed by atoms with Gasteiger partial charge in [-0.2, -0.15) is 4.80 Å². The SMILES string of the molecule is Cn1nnc(C(=O)CC2COCCN2)n1. The maximum Gasteiger partial charge on any atom is 0.240 e. The van der Waals surface area contributed by atoms with E-state index >= 15 is 0 Å². The zero-order valence-electron chi connectivity index (χ0n) is 8.51. The van der Waals surface area contributed by atoms with E-state index in [4.69, 9.17) is 4.74 Å². The number of carbonyl (C=O) groups is 1. The lowest BCUT2D eigenvalue weighted by Crippen LogP contribution is -2.42. The molecule has 0 aliphatic carbocycles. The third kappa shape index (κ3) is 2.57. The van der Waals surface area contributed by atoms with Crippen molar-refractivity contribution in [3.8, 4) is 0 Å². The van der Waals surface area contributed by atoms with Crippen molar-refractivity contribution in [3.63, 3.8) is 0 Å². The van der Waals surface area contributed by atoms with Gasteiger partial charge in [-0.1, -0.05) is 0 Å². The number of aryl methyl sites for hydroxylation is 1. The minimum absolute atomic E-state index is 0.0649. The van der Waals surface area contributed by atoms with Crippen LogP contribution in [0.3, 0.4) is 0 Å². The first-order valence-corrected chi connectivity index (χ1v) is 4.84. The molecular weight excluding hydrogens is 198 g/mol. The van der Waals surface area contributed by atoms with Crippen LogP contribution in [0.15, 0.2) is 0 Å². The van der Waals surface area contributed by atoms with Gasteiger partial charge in [0, 0.05) is 19.0 Å². The first-order chi connectivity index (χ1) is 7.25. The molecule has 0 saturated carbocycles. The summed E-state index contributed by atoms with van der Waals surface area (Å²) in [6.07, 6.45) is 0.353. The predicted molar refractivity (Wildman–Crippen MR) is 50.4 cm³/mol. The van der Waals surface area contributed by atoms with Crippen molar-refractivity contribution >= 4 is 5.78 Å². The zero-order valence-corrected chi connectivity index (χ0v) is 8.51. The molecule has 1 atom stereocenters. The Balaban J connectivity index is 1.91. The number of nitrogens with one attached hydrogen (secondary N) is 1. The summed E-state index contributed by atoms with van der Waals surface area (Å²) in [6.45, 7) is 2.05. The lowest BCUT2D eigenvalue weighted by Gasteiger charge is -2.22. The van der Waals surface area contributed by atoms with Crippen LogP contribution in [0.1, 0.15) is 17.0 Å². The molecular formula is C8H13N5O2. The number of nitrogens with zero attached hydrogens (tertiary/aromatic N) is 4. The van der Waals surface area contributed by atoms with Crippen molar-refractivity contribution in [1.29, 1.82) is 0 Å². The van der Waals surface area contributed by atoms with Gasteiger partial charge in [0.15, 0.2) is 0 Å². The first kappa shape index (κ1) is 10.2. The number of ether oxygens (including phenoxy) is 1. The Morgan fingerprint density at radius 1 is 1.73 bits per heavy atom. The van der Waals surface area contributed by atoms with E-state index in [1.807, 2.05) is 0 Å². The van der Waals surface area contributed by atoms with Gasteiger partial charge in [-0.25, -0.2) is 0 Å². The monoisotopic (exact) mass is 211 g/mol. The second-order valence-electron chi connectivity index (χ2n) is 3.46. The number of hydrogen-bond acceptors (Lipinski definition) is 6. The highest BCUT2D eigenvalue weighted by Crippen LogP contribution is 2.02. The maximum absolute atomic E-state index is 11.7. The molecule has 1 aliphatic rings. The van der Waals surface area contributed by atoms with Crippen molar-refractivity contribution < 1.29 is 9.53 Å². The van der Waals surface area contributed by atoms with Crippen LogP contribution in [-0.2, 0) is 11.8 Å². The molecule has 7 nitrogen and oxygen atoms in total. The van der Waals surface area contributed by atoms with Crippen LogP contribution in [0.4, 0.5) is 0 Å². The molecule has 0 bridgehead atoms. The van der Waals surface area contributed by atoms with E-state index in [2.05, 4.69) is 20.7 Å². The smallest absolute Gasteiger partial charge is 0.240 e. The Hall–Kier alpha value is -1.34. The molecule has 0 spiro atoms. The number of rotatable bonds is 3. The highest BCUT2D eigenvalue weighted by molar-refractivity contribution is 5.92. The van der Waals surface area contributed by atoms with Crippen molar-refractivity contribution in [2.24, 2.45) is 7.05 Å². The third-order valence-electron chi connectivity index (χ3n) is 2.19. The summed E-state index contributed by atoms with van der Waals surface area (Å²) in [7, 11) is 1.63. The van der Waals surface area contributed by atoms with Gasteiger partial charge in [-0.3, -0.25) is 4.79 Å². The van der Waals surface area contributed by atoms with Gasteiger partial charge in [0.1, 0.15) is 0 Å². The van der Waals surface area contributed by atoms with E-state index in [1.165, 1.54) is 4.80 Å². The highest BCUT2D eigenvalue weighted by Gasteiger charge is 2.20. The van der Waals surface area contributed by atoms with E-state index in [-0.39, 0.29) is 17.6 Å². The van der Waals surface area contributed by atoms with Gasteiger partial charge < -0.3 is 10.1 Å². The number of aromatic nitrogens is 4. The Bertz CT molecular complexity index is 345. The number of Topliss-reactive ketones (excluding diaryl/α,β-unsaturated/α-hetero) is 1. The molecule has 1 unspecified atom stereocenters. The summed E-state index contributed by atoms with van der Waals surface area (Å²) in [6, 6.07) is 0.0649. The zero-order chi connectivity index (χ0) is 10.7. The molecule has 2 rings (SSSR count). The largest absolute Gasteiger partial charge is 0.378 e. The maximum atomic E-state index is 11.7. The van der Waals surface area contributed by atoms with Crippen LogP contribution in [-0.4, -0.2) is 51.8 Å². The lowest BCUT2D eigenvalue weighted by atomic mass is 10.1. The second kappa shape index (κ2) is 4.45. The fourth-order valence-electron chi connectivity index (χ4n) is 1.46. The molecule has 1 aliphatic heterocycles. The van der Waals surface area contributed by atoms with Crippen molar-refractivity contribution in [2.45, 2.75) is 12.5 Å². The number of ketones is 1. The van der Waals surface area contributed by atoms with E-state index in [0.29, 0.717) is 19.6 Å². The number of hydrogen-bond donors (Lipinski definition) is 1. The molecule has 82 valence electrons. The van der Waals surface area contributed by atoms with Crippen molar-refractivity contribution in [1.82, 2.24) is 25.5 Å². The Kier molecular flexibility index (Phi) is 3.02. The van der Waals surface area contributed by atoms with Crippen molar-refractivity contribution in [3.05, 3.63) is 5.82 Å². The molecule has 0 radical (unpaired) electrons. The van der Waals surface area contributed by atoms with Crippen molar-refractivity contribution in [2.75, 3.05) is 19.8 Å². The second-order valence-corrected chi connectivity index (χ2v) is 3.46.